The minimum atomic E-state index is 0.709. The number of piperidine rings is 1. The first-order valence-electron chi connectivity index (χ1n) is 9.31. The second-order valence-electron chi connectivity index (χ2n) is 7.48. The fourth-order valence-corrected chi connectivity index (χ4v) is 4.16. The Balaban J connectivity index is 1.44. The van der Waals surface area contributed by atoms with Crippen LogP contribution in [0.15, 0.2) is 24.3 Å². The van der Waals surface area contributed by atoms with Crippen molar-refractivity contribution >= 4 is 0 Å². The Kier molecular flexibility index (Phi) is 5.91. The van der Waals surface area contributed by atoms with E-state index in [4.69, 9.17) is 0 Å². The highest BCUT2D eigenvalue weighted by molar-refractivity contribution is 5.22. The molecular formula is C20H32N2. The molecule has 1 atom stereocenters. The molecule has 1 saturated carbocycles. The van der Waals surface area contributed by atoms with Crippen LogP contribution in [-0.4, -0.2) is 30.6 Å². The minimum Gasteiger partial charge on any atom is -0.312 e. The first-order chi connectivity index (χ1) is 10.8. The van der Waals surface area contributed by atoms with Crippen LogP contribution in [0.25, 0.3) is 0 Å². The molecule has 22 heavy (non-hydrogen) atoms. The summed E-state index contributed by atoms with van der Waals surface area (Å²) < 4.78 is 0. The third-order valence-electron chi connectivity index (χ3n) is 5.41. The van der Waals surface area contributed by atoms with Gasteiger partial charge in [0, 0.05) is 19.1 Å². The van der Waals surface area contributed by atoms with Crippen LogP contribution >= 0.6 is 0 Å². The average Bonchev–Trinajstić information content (AvgIpc) is 2.54. The van der Waals surface area contributed by atoms with E-state index in [9.17, 15) is 0 Å². The molecule has 1 aliphatic carbocycles. The van der Waals surface area contributed by atoms with Crippen molar-refractivity contribution in [3.63, 3.8) is 0 Å². The molecule has 2 heteroatoms. The largest absolute Gasteiger partial charge is 0.312 e. The highest BCUT2D eigenvalue weighted by Crippen LogP contribution is 2.23. The normalized spacial score (nSPS) is 24.5. The molecule has 0 amide bonds. The van der Waals surface area contributed by atoms with Gasteiger partial charge in [0.15, 0.2) is 0 Å². The Morgan fingerprint density at radius 1 is 1.09 bits per heavy atom. The minimum absolute atomic E-state index is 0.709. The van der Waals surface area contributed by atoms with Crippen LogP contribution in [0.2, 0.25) is 0 Å². The summed E-state index contributed by atoms with van der Waals surface area (Å²) in [5, 5.41) is 3.88. The van der Waals surface area contributed by atoms with E-state index in [1.165, 1.54) is 75.7 Å². The van der Waals surface area contributed by atoms with E-state index in [2.05, 4.69) is 41.4 Å². The van der Waals surface area contributed by atoms with Crippen molar-refractivity contribution in [2.45, 2.75) is 64.5 Å². The van der Waals surface area contributed by atoms with E-state index < -0.39 is 0 Å². The van der Waals surface area contributed by atoms with Gasteiger partial charge in [-0.05, 0) is 57.2 Å². The summed E-state index contributed by atoms with van der Waals surface area (Å²) in [4.78, 5) is 2.64. The average molecular weight is 300 g/mol. The van der Waals surface area contributed by atoms with Gasteiger partial charge in [0.05, 0.1) is 0 Å². The predicted octanol–water partition coefficient (Wildman–Crippen LogP) is 4.13. The summed E-state index contributed by atoms with van der Waals surface area (Å²) in [6.07, 6.45) is 9.97. The zero-order chi connectivity index (χ0) is 15.2. The van der Waals surface area contributed by atoms with Crippen molar-refractivity contribution in [2.24, 2.45) is 5.92 Å². The lowest BCUT2D eigenvalue weighted by molar-refractivity contribution is 0.177. The molecule has 0 aromatic heterocycles. The molecule has 1 heterocycles. The van der Waals surface area contributed by atoms with Crippen molar-refractivity contribution in [2.75, 3.05) is 19.6 Å². The van der Waals surface area contributed by atoms with Crippen LogP contribution in [0.1, 0.15) is 56.1 Å². The van der Waals surface area contributed by atoms with E-state index in [1.807, 2.05) is 0 Å². The number of benzene rings is 1. The van der Waals surface area contributed by atoms with Crippen LogP contribution in [0.4, 0.5) is 0 Å². The van der Waals surface area contributed by atoms with Crippen molar-refractivity contribution in [1.29, 1.82) is 0 Å². The molecule has 3 rings (SSSR count). The predicted molar refractivity (Wildman–Crippen MR) is 94.1 cm³/mol. The summed E-state index contributed by atoms with van der Waals surface area (Å²) in [5.41, 5.74) is 2.84. The van der Waals surface area contributed by atoms with E-state index >= 15 is 0 Å². The number of hydrogen-bond donors (Lipinski definition) is 1. The summed E-state index contributed by atoms with van der Waals surface area (Å²) in [7, 11) is 0. The van der Waals surface area contributed by atoms with E-state index in [-0.39, 0.29) is 0 Å². The van der Waals surface area contributed by atoms with Gasteiger partial charge in [-0.25, -0.2) is 0 Å². The second-order valence-corrected chi connectivity index (χ2v) is 7.48. The standard InChI is InChI=1S/C20H32N2/c1-17-7-5-10-19(13-17)15-22-12-6-11-20(16-22)21-14-18-8-3-2-4-9-18/h5,7,10,13,18,20-21H,2-4,6,8-9,11-12,14-16H2,1H3. The Labute approximate surface area is 136 Å². The van der Waals surface area contributed by atoms with Gasteiger partial charge in [0.1, 0.15) is 0 Å². The Morgan fingerprint density at radius 2 is 1.95 bits per heavy atom. The number of likely N-dealkylation sites (tertiary alicyclic amines) is 1. The van der Waals surface area contributed by atoms with Crippen LogP contribution in [-0.2, 0) is 6.54 Å². The topological polar surface area (TPSA) is 15.3 Å². The summed E-state index contributed by atoms with van der Waals surface area (Å²) in [5.74, 6) is 0.945. The molecule has 1 aliphatic heterocycles. The van der Waals surface area contributed by atoms with Gasteiger partial charge in [-0.1, -0.05) is 49.1 Å². The maximum Gasteiger partial charge on any atom is 0.0234 e. The number of nitrogens with zero attached hydrogens (tertiary/aromatic N) is 1. The highest BCUT2D eigenvalue weighted by atomic mass is 15.2. The molecule has 0 bridgehead atoms. The van der Waals surface area contributed by atoms with Gasteiger partial charge in [0.25, 0.3) is 0 Å². The first-order valence-corrected chi connectivity index (χ1v) is 9.31. The highest BCUT2D eigenvalue weighted by Gasteiger charge is 2.21. The molecule has 0 radical (unpaired) electrons. The first kappa shape index (κ1) is 16.0. The molecule has 1 N–H and O–H groups in total. The van der Waals surface area contributed by atoms with Gasteiger partial charge in [0.2, 0.25) is 0 Å². The Bertz CT molecular complexity index is 451. The van der Waals surface area contributed by atoms with Gasteiger partial charge in [-0.2, -0.15) is 0 Å². The SMILES string of the molecule is Cc1cccc(CN2CCCC(NCC3CCCCC3)C2)c1. The Hall–Kier alpha value is -0.860. The van der Waals surface area contributed by atoms with Gasteiger partial charge >= 0.3 is 0 Å². The molecule has 1 aromatic carbocycles. The third kappa shape index (κ3) is 4.82. The van der Waals surface area contributed by atoms with Crippen molar-refractivity contribution in [1.82, 2.24) is 10.2 Å². The van der Waals surface area contributed by atoms with E-state index in [1.54, 1.807) is 0 Å². The lowest BCUT2D eigenvalue weighted by atomic mass is 9.89. The fraction of sp³-hybridized carbons (Fsp3) is 0.700. The smallest absolute Gasteiger partial charge is 0.0234 e. The molecule has 2 fully saturated rings. The zero-order valence-corrected chi connectivity index (χ0v) is 14.2. The maximum absolute atomic E-state index is 3.88. The zero-order valence-electron chi connectivity index (χ0n) is 14.2. The molecule has 1 aromatic rings. The van der Waals surface area contributed by atoms with E-state index in [0.29, 0.717) is 6.04 Å². The summed E-state index contributed by atoms with van der Waals surface area (Å²) in [6.45, 7) is 7.04. The van der Waals surface area contributed by atoms with Crippen LogP contribution in [0.5, 0.6) is 0 Å². The van der Waals surface area contributed by atoms with Crippen molar-refractivity contribution in [3.05, 3.63) is 35.4 Å². The van der Waals surface area contributed by atoms with Gasteiger partial charge in [-0.3, -0.25) is 4.90 Å². The summed E-state index contributed by atoms with van der Waals surface area (Å²) in [6, 6.07) is 9.69. The van der Waals surface area contributed by atoms with Crippen LogP contribution < -0.4 is 5.32 Å². The lowest BCUT2D eigenvalue weighted by Crippen LogP contribution is -2.46. The molecule has 2 nitrogen and oxygen atoms in total. The van der Waals surface area contributed by atoms with Gasteiger partial charge < -0.3 is 5.32 Å². The Morgan fingerprint density at radius 3 is 2.77 bits per heavy atom. The summed E-state index contributed by atoms with van der Waals surface area (Å²) >= 11 is 0. The van der Waals surface area contributed by atoms with Crippen LogP contribution in [0, 0.1) is 12.8 Å². The molecule has 0 spiro atoms. The third-order valence-corrected chi connectivity index (χ3v) is 5.41. The molecule has 1 saturated heterocycles. The van der Waals surface area contributed by atoms with Gasteiger partial charge in [-0.15, -0.1) is 0 Å². The van der Waals surface area contributed by atoms with Crippen LogP contribution in [0.3, 0.4) is 0 Å². The molecule has 2 aliphatic rings. The number of hydrogen-bond acceptors (Lipinski definition) is 2. The fourth-order valence-electron chi connectivity index (χ4n) is 4.16. The second kappa shape index (κ2) is 8.12. The quantitative estimate of drug-likeness (QED) is 0.879. The molecule has 1 unspecified atom stereocenters. The number of rotatable bonds is 5. The lowest BCUT2D eigenvalue weighted by Gasteiger charge is -2.34. The van der Waals surface area contributed by atoms with Crippen molar-refractivity contribution in [3.8, 4) is 0 Å². The van der Waals surface area contributed by atoms with Crippen molar-refractivity contribution < 1.29 is 0 Å². The molecular weight excluding hydrogens is 268 g/mol. The number of nitrogens with one attached hydrogen (secondary N) is 1. The van der Waals surface area contributed by atoms with E-state index in [0.717, 1.165) is 12.5 Å². The number of aryl methyl sites for hydroxylation is 1. The monoisotopic (exact) mass is 300 g/mol. The maximum atomic E-state index is 3.88. The molecule has 122 valence electrons.